The number of nitrogens with zero attached hydrogens (tertiary/aromatic N) is 2. The molecule has 5 heteroatoms. The first-order chi connectivity index (χ1) is 13.5. The number of aromatic nitrogens is 1. The van der Waals surface area contributed by atoms with Crippen molar-refractivity contribution in [1.82, 2.24) is 4.98 Å². The second-order valence-corrected chi connectivity index (χ2v) is 7.41. The summed E-state index contributed by atoms with van der Waals surface area (Å²) >= 11 is 12.8. The van der Waals surface area contributed by atoms with E-state index in [0.717, 1.165) is 28.1 Å². The molecule has 3 nitrogen and oxygen atoms in total. The first-order valence-electron chi connectivity index (χ1n) is 8.83. The molecule has 140 valence electrons. The molecule has 0 amide bonds. The van der Waals surface area contributed by atoms with E-state index in [4.69, 9.17) is 32.6 Å². The molecule has 4 aromatic rings. The predicted molar refractivity (Wildman–Crippen MR) is 117 cm³/mol. The summed E-state index contributed by atoms with van der Waals surface area (Å²) in [6.07, 6.45) is 0. The maximum absolute atomic E-state index is 6.45. The Morgan fingerprint density at radius 2 is 1.32 bits per heavy atom. The summed E-state index contributed by atoms with van der Waals surface area (Å²) in [6.45, 7) is 0. The minimum absolute atomic E-state index is 0.465. The van der Waals surface area contributed by atoms with Gasteiger partial charge in [0.25, 0.3) is 0 Å². The zero-order valence-corrected chi connectivity index (χ0v) is 17.0. The average molecular weight is 409 g/mol. The van der Waals surface area contributed by atoms with E-state index in [2.05, 4.69) is 17.0 Å². The van der Waals surface area contributed by atoms with Crippen LogP contribution in [0.3, 0.4) is 0 Å². The van der Waals surface area contributed by atoms with Gasteiger partial charge in [0, 0.05) is 30.9 Å². The zero-order valence-electron chi connectivity index (χ0n) is 15.5. The lowest BCUT2D eigenvalue weighted by Crippen LogP contribution is -2.07. The Hall–Kier alpha value is -2.75. The standard InChI is InChI=1S/C23H18Cl2N2O/c1-27(2)16-13-11-15(12-14-16)21-22(17-7-3-5-9-19(17)24)28-23(26-21)18-8-4-6-10-20(18)25/h3-14H,1-2H3. The van der Waals surface area contributed by atoms with Crippen LogP contribution in [0.5, 0.6) is 0 Å². The van der Waals surface area contributed by atoms with Crippen molar-refractivity contribution >= 4 is 28.9 Å². The molecule has 0 atom stereocenters. The molecule has 0 N–H and O–H groups in total. The van der Waals surface area contributed by atoms with Gasteiger partial charge in [0.1, 0.15) is 5.69 Å². The number of rotatable bonds is 4. The van der Waals surface area contributed by atoms with E-state index in [1.807, 2.05) is 74.8 Å². The van der Waals surface area contributed by atoms with Gasteiger partial charge in [-0.3, -0.25) is 0 Å². The lowest BCUT2D eigenvalue weighted by molar-refractivity contribution is 0.589. The quantitative estimate of drug-likeness (QED) is 0.362. The fourth-order valence-corrected chi connectivity index (χ4v) is 3.45. The highest BCUT2D eigenvalue weighted by Crippen LogP contribution is 2.40. The van der Waals surface area contributed by atoms with Gasteiger partial charge in [-0.15, -0.1) is 0 Å². The van der Waals surface area contributed by atoms with E-state index in [0.29, 0.717) is 21.7 Å². The molecule has 0 aliphatic carbocycles. The Kier molecular flexibility index (Phi) is 5.12. The predicted octanol–water partition coefficient (Wildman–Crippen LogP) is 7.05. The molecule has 1 aromatic heterocycles. The van der Waals surface area contributed by atoms with Crippen LogP contribution in [0.1, 0.15) is 0 Å². The normalized spacial score (nSPS) is 10.9. The van der Waals surface area contributed by atoms with Crippen molar-refractivity contribution in [1.29, 1.82) is 0 Å². The van der Waals surface area contributed by atoms with E-state index in [1.165, 1.54) is 0 Å². The monoisotopic (exact) mass is 408 g/mol. The van der Waals surface area contributed by atoms with Crippen LogP contribution in [0.25, 0.3) is 34.0 Å². The Morgan fingerprint density at radius 3 is 1.89 bits per heavy atom. The van der Waals surface area contributed by atoms with Crippen LogP contribution in [0.2, 0.25) is 10.0 Å². The number of hydrogen-bond donors (Lipinski definition) is 0. The van der Waals surface area contributed by atoms with Crippen molar-refractivity contribution in [2.45, 2.75) is 0 Å². The van der Waals surface area contributed by atoms with Crippen LogP contribution >= 0.6 is 23.2 Å². The summed E-state index contributed by atoms with van der Waals surface area (Å²) in [6, 6.07) is 23.3. The number of oxazole rings is 1. The van der Waals surface area contributed by atoms with Gasteiger partial charge in [-0.1, -0.05) is 59.6 Å². The second kappa shape index (κ2) is 7.70. The summed E-state index contributed by atoms with van der Waals surface area (Å²) in [4.78, 5) is 6.83. The van der Waals surface area contributed by atoms with Crippen LogP contribution in [-0.4, -0.2) is 19.1 Å². The summed E-state index contributed by atoms with van der Waals surface area (Å²) in [5, 5.41) is 1.19. The molecule has 0 fully saturated rings. The number of hydrogen-bond acceptors (Lipinski definition) is 3. The zero-order chi connectivity index (χ0) is 19.7. The maximum Gasteiger partial charge on any atom is 0.228 e. The van der Waals surface area contributed by atoms with Crippen LogP contribution < -0.4 is 4.90 Å². The fraction of sp³-hybridized carbons (Fsp3) is 0.0870. The molecule has 0 aliphatic rings. The SMILES string of the molecule is CN(C)c1ccc(-c2nc(-c3ccccc3Cl)oc2-c2ccccc2Cl)cc1. The van der Waals surface area contributed by atoms with E-state index in [1.54, 1.807) is 0 Å². The third-order valence-corrected chi connectivity index (χ3v) is 5.17. The molecule has 0 unspecified atom stereocenters. The van der Waals surface area contributed by atoms with E-state index in [-0.39, 0.29) is 0 Å². The van der Waals surface area contributed by atoms with Gasteiger partial charge in [0.05, 0.1) is 15.6 Å². The molecule has 0 aliphatic heterocycles. The van der Waals surface area contributed by atoms with E-state index >= 15 is 0 Å². The first-order valence-corrected chi connectivity index (χ1v) is 9.58. The van der Waals surface area contributed by atoms with Gasteiger partial charge in [0.2, 0.25) is 5.89 Å². The van der Waals surface area contributed by atoms with Crippen LogP contribution in [0.15, 0.2) is 77.2 Å². The van der Waals surface area contributed by atoms with E-state index < -0.39 is 0 Å². The number of anilines is 1. The van der Waals surface area contributed by atoms with Crippen molar-refractivity contribution in [2.75, 3.05) is 19.0 Å². The third kappa shape index (κ3) is 3.51. The molecular weight excluding hydrogens is 391 g/mol. The van der Waals surface area contributed by atoms with Crippen molar-refractivity contribution in [3.8, 4) is 34.0 Å². The Balaban J connectivity index is 1.91. The average Bonchev–Trinajstić information content (AvgIpc) is 3.13. The maximum atomic E-state index is 6.45. The molecule has 0 saturated carbocycles. The largest absolute Gasteiger partial charge is 0.435 e. The Bertz CT molecular complexity index is 1120. The third-order valence-electron chi connectivity index (χ3n) is 4.51. The minimum Gasteiger partial charge on any atom is -0.435 e. The highest BCUT2D eigenvalue weighted by atomic mass is 35.5. The number of halogens is 2. The summed E-state index contributed by atoms with van der Waals surface area (Å²) in [5.41, 5.74) is 4.32. The van der Waals surface area contributed by atoms with Gasteiger partial charge in [-0.2, -0.15) is 0 Å². The highest BCUT2D eigenvalue weighted by molar-refractivity contribution is 6.33. The van der Waals surface area contributed by atoms with Gasteiger partial charge >= 0.3 is 0 Å². The first kappa shape index (κ1) is 18.6. The highest BCUT2D eigenvalue weighted by Gasteiger charge is 2.21. The molecule has 28 heavy (non-hydrogen) atoms. The molecule has 0 bridgehead atoms. The molecule has 0 spiro atoms. The van der Waals surface area contributed by atoms with Crippen LogP contribution in [0.4, 0.5) is 5.69 Å². The van der Waals surface area contributed by atoms with Crippen LogP contribution in [-0.2, 0) is 0 Å². The second-order valence-electron chi connectivity index (χ2n) is 6.60. The number of benzene rings is 3. The molecule has 4 rings (SSSR count). The smallest absolute Gasteiger partial charge is 0.228 e. The molecule has 1 heterocycles. The molecular formula is C23H18Cl2N2O. The Morgan fingerprint density at radius 1 is 0.750 bits per heavy atom. The van der Waals surface area contributed by atoms with Crippen molar-refractivity contribution in [3.05, 3.63) is 82.8 Å². The summed E-state index contributed by atoms with van der Waals surface area (Å²) in [5.74, 6) is 1.09. The van der Waals surface area contributed by atoms with Crippen molar-refractivity contribution < 1.29 is 4.42 Å². The van der Waals surface area contributed by atoms with Gasteiger partial charge in [0.15, 0.2) is 5.76 Å². The fourth-order valence-electron chi connectivity index (χ4n) is 3.01. The summed E-state index contributed by atoms with van der Waals surface area (Å²) < 4.78 is 6.19. The lowest BCUT2D eigenvalue weighted by Gasteiger charge is -2.12. The minimum atomic E-state index is 0.465. The molecule has 0 radical (unpaired) electrons. The van der Waals surface area contributed by atoms with Crippen LogP contribution in [0, 0.1) is 0 Å². The Labute approximate surface area is 174 Å². The molecule has 0 saturated heterocycles. The lowest BCUT2D eigenvalue weighted by atomic mass is 10.1. The van der Waals surface area contributed by atoms with E-state index in [9.17, 15) is 0 Å². The van der Waals surface area contributed by atoms with Gasteiger partial charge < -0.3 is 9.32 Å². The summed E-state index contributed by atoms with van der Waals surface area (Å²) in [7, 11) is 4.02. The topological polar surface area (TPSA) is 29.3 Å². The van der Waals surface area contributed by atoms with Gasteiger partial charge in [-0.25, -0.2) is 4.98 Å². The van der Waals surface area contributed by atoms with Crippen molar-refractivity contribution in [3.63, 3.8) is 0 Å². The van der Waals surface area contributed by atoms with Crippen molar-refractivity contribution in [2.24, 2.45) is 0 Å². The van der Waals surface area contributed by atoms with Gasteiger partial charge in [-0.05, 0) is 36.4 Å². The molecule has 3 aromatic carbocycles.